The maximum absolute atomic E-state index is 6.46. The van der Waals surface area contributed by atoms with Gasteiger partial charge in [0.25, 0.3) is 0 Å². The molecule has 12 aromatic rings. The van der Waals surface area contributed by atoms with E-state index in [2.05, 4.69) is 313 Å². The highest BCUT2D eigenvalue weighted by molar-refractivity contribution is 5.85. The molecule has 2 atom stereocenters. The van der Waals surface area contributed by atoms with Gasteiger partial charge in [0.2, 0.25) is 0 Å². The third kappa shape index (κ3) is 12.5. The van der Waals surface area contributed by atoms with E-state index in [0.29, 0.717) is 25.0 Å². The summed E-state index contributed by atoms with van der Waals surface area (Å²) in [7, 11) is 0. The summed E-state index contributed by atoms with van der Waals surface area (Å²) in [6.45, 7) is 2.68. The third-order valence-electron chi connectivity index (χ3n) is 17.7. The van der Waals surface area contributed by atoms with Crippen molar-refractivity contribution in [3.63, 3.8) is 0 Å². The fourth-order valence-corrected chi connectivity index (χ4v) is 13.6. The molecule has 0 fully saturated rings. The van der Waals surface area contributed by atoms with Crippen molar-refractivity contribution in [1.29, 1.82) is 0 Å². The Morgan fingerprint density at radius 3 is 1.02 bits per heavy atom. The Kier molecular flexibility index (Phi) is 19.9. The van der Waals surface area contributed by atoms with Gasteiger partial charge in [-0.05, 0) is 117 Å². The van der Waals surface area contributed by atoms with Gasteiger partial charge in [0.1, 0.15) is 11.1 Å². The summed E-state index contributed by atoms with van der Waals surface area (Å²) in [5, 5.41) is 0. The number of imidazole rings is 2. The average molecular weight is 1190 g/mol. The Morgan fingerprint density at radius 1 is 0.330 bits per heavy atom. The highest BCUT2D eigenvalue weighted by atomic mass is 35.5. The van der Waals surface area contributed by atoms with Gasteiger partial charge in [-0.1, -0.05) is 291 Å². The molecule has 2 aliphatic rings. The molecule has 88 heavy (non-hydrogen) atoms. The summed E-state index contributed by atoms with van der Waals surface area (Å²) in [5.74, 6) is 0.867. The molecule has 2 aromatic heterocycles. The highest BCUT2D eigenvalue weighted by Gasteiger charge is 2.43. The van der Waals surface area contributed by atoms with E-state index in [1.807, 2.05) is 0 Å². The lowest BCUT2D eigenvalue weighted by Crippen LogP contribution is -2.39. The number of rotatable bonds is 18. The van der Waals surface area contributed by atoms with Crippen LogP contribution >= 0.6 is 24.8 Å². The smallest absolute Gasteiger partial charge is 0.121 e. The minimum atomic E-state index is -0.540. The monoisotopic (exact) mass is 1190 g/mol. The molecule has 10 aromatic carbocycles. The van der Waals surface area contributed by atoms with Crippen LogP contribution in [0.15, 0.2) is 304 Å². The Labute approximate surface area is 531 Å². The molecule has 0 N–H and O–H groups in total. The normalized spacial score (nSPS) is 14.4. The number of hydrogen-bond donors (Lipinski definition) is 0. The summed E-state index contributed by atoms with van der Waals surface area (Å²) in [4.78, 5) is 10.1. The molecule has 0 aliphatic heterocycles. The fraction of sp³-hybridized carbons (Fsp3) is 0.175. The first kappa shape index (κ1) is 60.8. The minimum Gasteiger partial charge on any atom is -0.376 e. The first-order valence-electron chi connectivity index (χ1n) is 30.5. The maximum Gasteiger partial charge on any atom is 0.121 e. The zero-order valence-corrected chi connectivity index (χ0v) is 51.1. The molecule has 440 valence electrons. The lowest BCUT2D eigenvalue weighted by molar-refractivity contribution is 0.0815. The van der Waals surface area contributed by atoms with E-state index in [1.165, 1.54) is 89.5 Å². The van der Waals surface area contributed by atoms with Crippen LogP contribution in [0.2, 0.25) is 0 Å². The number of aryl methyl sites for hydroxylation is 1. The molecule has 0 spiro atoms. The molecule has 0 bridgehead atoms. The van der Waals surface area contributed by atoms with Crippen molar-refractivity contribution >= 4 is 24.8 Å². The van der Waals surface area contributed by atoms with Crippen LogP contribution in [0.4, 0.5) is 0 Å². The molecule has 0 amide bonds. The summed E-state index contributed by atoms with van der Waals surface area (Å²) >= 11 is 0. The molecule has 2 heterocycles. The van der Waals surface area contributed by atoms with Crippen molar-refractivity contribution in [2.45, 2.75) is 62.8 Å². The average Bonchev–Trinajstić information content (AvgIpc) is 1.38. The standard InChI is InChI=1S/2C40H36N2O.2ClH/c1-5-15-32(16-6-1)37-24-14-13-17-33(37)29-43-28-31-25-26-39-38(27-31)41-30-42(39)40(34-18-7-2-8-19-34,35-20-9-3-10-21-35)36-22-11-4-12-23-36;1-5-15-32(16-6-1)37-24-14-13-17-33(37)29-43-28-31-25-26-38-39(27-31)42(30-41-38)40(34-18-7-2-8-19-34,35-20-9-3-10-21-35)36-22-11-4-12-23-36;;/h2*1-24,30-31H,25-29H2;2*1H. The molecule has 0 saturated carbocycles. The topological polar surface area (TPSA) is 54.1 Å². The number of ether oxygens (including phenoxy) is 2. The van der Waals surface area contributed by atoms with Crippen LogP contribution in [0, 0.1) is 11.8 Å². The summed E-state index contributed by atoms with van der Waals surface area (Å²) in [6.07, 6.45) is 10.1. The van der Waals surface area contributed by atoms with Gasteiger partial charge in [-0.15, -0.1) is 24.8 Å². The second kappa shape index (κ2) is 28.8. The van der Waals surface area contributed by atoms with E-state index >= 15 is 0 Å². The summed E-state index contributed by atoms with van der Waals surface area (Å²) < 4.78 is 17.8. The van der Waals surface area contributed by atoms with Crippen LogP contribution in [0.5, 0.6) is 0 Å². The van der Waals surface area contributed by atoms with Crippen molar-refractivity contribution in [3.05, 3.63) is 371 Å². The molecule has 8 heteroatoms. The largest absolute Gasteiger partial charge is 0.376 e. The van der Waals surface area contributed by atoms with Crippen molar-refractivity contribution in [3.8, 4) is 22.3 Å². The van der Waals surface area contributed by atoms with Crippen LogP contribution in [-0.2, 0) is 59.4 Å². The lowest BCUT2D eigenvalue weighted by atomic mass is 9.76. The second-order valence-corrected chi connectivity index (χ2v) is 22.9. The molecule has 0 saturated heterocycles. The molecular formula is C80H74Cl2N4O2. The molecular weight excluding hydrogens is 1120 g/mol. The molecule has 14 rings (SSSR count). The number of halogens is 2. The van der Waals surface area contributed by atoms with E-state index < -0.39 is 11.1 Å². The van der Waals surface area contributed by atoms with Gasteiger partial charge in [0, 0.05) is 11.4 Å². The van der Waals surface area contributed by atoms with Gasteiger partial charge < -0.3 is 18.6 Å². The summed E-state index contributed by atoms with van der Waals surface area (Å²) in [5.41, 5.74) is 18.7. The Morgan fingerprint density at radius 2 is 0.636 bits per heavy atom. The maximum atomic E-state index is 6.46. The second-order valence-electron chi connectivity index (χ2n) is 22.9. The van der Waals surface area contributed by atoms with E-state index in [1.54, 1.807) is 0 Å². The lowest BCUT2D eigenvalue weighted by Gasteiger charge is -2.39. The van der Waals surface area contributed by atoms with Crippen molar-refractivity contribution < 1.29 is 9.47 Å². The quantitative estimate of drug-likeness (QED) is 0.0804. The van der Waals surface area contributed by atoms with Crippen LogP contribution < -0.4 is 0 Å². The Hall–Kier alpha value is -8.88. The predicted molar refractivity (Wildman–Crippen MR) is 362 cm³/mol. The number of nitrogens with zero attached hydrogens (tertiary/aromatic N) is 4. The van der Waals surface area contributed by atoms with Crippen LogP contribution in [0.25, 0.3) is 22.3 Å². The number of benzene rings is 10. The van der Waals surface area contributed by atoms with Gasteiger partial charge in [-0.3, -0.25) is 0 Å². The van der Waals surface area contributed by atoms with E-state index in [-0.39, 0.29) is 24.8 Å². The Bertz CT molecular complexity index is 3880. The molecule has 2 unspecified atom stereocenters. The zero-order chi connectivity index (χ0) is 57.8. The fourth-order valence-electron chi connectivity index (χ4n) is 13.6. The van der Waals surface area contributed by atoms with E-state index in [0.717, 1.165) is 51.7 Å². The van der Waals surface area contributed by atoms with Crippen molar-refractivity contribution in [2.75, 3.05) is 13.2 Å². The van der Waals surface area contributed by atoms with Gasteiger partial charge >= 0.3 is 0 Å². The molecule has 2 aliphatic carbocycles. The van der Waals surface area contributed by atoms with E-state index in [4.69, 9.17) is 19.4 Å². The van der Waals surface area contributed by atoms with Crippen LogP contribution in [0.1, 0.15) is 80.1 Å². The Balaban J connectivity index is 0.000000178. The summed E-state index contributed by atoms with van der Waals surface area (Å²) in [6, 6.07) is 104. The van der Waals surface area contributed by atoms with Crippen molar-refractivity contribution in [2.24, 2.45) is 11.8 Å². The van der Waals surface area contributed by atoms with Gasteiger partial charge in [-0.2, -0.15) is 0 Å². The minimum absolute atomic E-state index is 0. The SMILES string of the molecule is Cl.Cl.c1ccc(-c2ccccc2COCC2CCc3c(ncn3C(c3ccccc3)(c3ccccc3)c3ccccc3)C2)cc1.c1ccc(-c2ccccc2COCC2CCc3ncn(C(c4ccccc4)(c4ccccc4)c4ccccc4)c3C2)cc1. The predicted octanol–water partition coefficient (Wildman–Crippen LogP) is 18.3. The number of hydrogen-bond acceptors (Lipinski definition) is 4. The zero-order valence-electron chi connectivity index (χ0n) is 49.5. The molecule has 0 radical (unpaired) electrons. The molecule has 6 nitrogen and oxygen atoms in total. The van der Waals surface area contributed by atoms with Crippen LogP contribution in [-0.4, -0.2) is 32.3 Å². The highest BCUT2D eigenvalue weighted by Crippen LogP contribution is 2.45. The van der Waals surface area contributed by atoms with Gasteiger partial charge in [0.15, 0.2) is 0 Å². The first-order valence-corrected chi connectivity index (χ1v) is 30.5. The van der Waals surface area contributed by atoms with Gasteiger partial charge in [-0.25, -0.2) is 9.97 Å². The van der Waals surface area contributed by atoms with E-state index in [9.17, 15) is 0 Å². The van der Waals surface area contributed by atoms with Crippen molar-refractivity contribution in [1.82, 2.24) is 19.1 Å². The third-order valence-corrected chi connectivity index (χ3v) is 17.7. The number of aromatic nitrogens is 4. The van der Waals surface area contributed by atoms with Crippen LogP contribution in [0.3, 0.4) is 0 Å². The van der Waals surface area contributed by atoms with Gasteiger partial charge in [0.05, 0.1) is 50.5 Å². The first-order chi connectivity index (χ1) is 42.7. The number of fused-ring (bicyclic) bond motifs is 2.